The summed E-state index contributed by atoms with van der Waals surface area (Å²) in [6, 6.07) is 22.3. The largest absolute Gasteiger partial charge is 0.489 e. The molecule has 0 saturated heterocycles. The number of hydrogen-bond donors (Lipinski definition) is 1. The van der Waals surface area contributed by atoms with Crippen molar-refractivity contribution in [1.82, 2.24) is 0 Å². The monoisotopic (exact) mass is 512 g/mol. The molecule has 3 aromatic rings. The van der Waals surface area contributed by atoms with Crippen LogP contribution in [0.3, 0.4) is 0 Å². The van der Waals surface area contributed by atoms with Crippen LogP contribution in [0.4, 0.5) is 0 Å². The van der Waals surface area contributed by atoms with E-state index < -0.39 is 5.97 Å². The number of Topliss-reactive ketones (excluding diaryl/α,β-unsaturated/α-hetero) is 1. The van der Waals surface area contributed by atoms with E-state index in [9.17, 15) is 14.7 Å². The van der Waals surface area contributed by atoms with Gasteiger partial charge in [0.2, 0.25) is 0 Å². The number of ketones is 1. The predicted octanol–water partition coefficient (Wildman–Crippen LogP) is 8.47. The molecule has 0 aromatic heterocycles. The van der Waals surface area contributed by atoms with Crippen molar-refractivity contribution in [2.75, 3.05) is 0 Å². The second-order valence-corrected chi connectivity index (χ2v) is 11.6. The molecule has 4 nitrogen and oxygen atoms in total. The van der Waals surface area contributed by atoms with Crippen LogP contribution in [0.25, 0.3) is 11.1 Å². The van der Waals surface area contributed by atoms with Gasteiger partial charge in [-0.15, -0.1) is 0 Å². The Morgan fingerprint density at radius 1 is 1.03 bits per heavy atom. The van der Waals surface area contributed by atoms with Crippen molar-refractivity contribution >= 4 is 11.8 Å². The van der Waals surface area contributed by atoms with Gasteiger partial charge in [-0.3, -0.25) is 9.59 Å². The molecule has 0 bridgehead atoms. The molecule has 1 aliphatic carbocycles. The first-order chi connectivity index (χ1) is 18.1. The van der Waals surface area contributed by atoms with Crippen LogP contribution in [0.1, 0.15) is 92.8 Å². The number of aliphatic carboxylic acids is 1. The van der Waals surface area contributed by atoms with Crippen LogP contribution in [0.15, 0.2) is 66.7 Å². The first-order valence-corrected chi connectivity index (χ1v) is 13.8. The summed E-state index contributed by atoms with van der Waals surface area (Å²) in [5.41, 5.74) is 6.49. The number of hydrogen-bond acceptors (Lipinski definition) is 3. The molecule has 38 heavy (non-hydrogen) atoms. The second kappa shape index (κ2) is 12.0. The Labute approximate surface area is 227 Å². The lowest BCUT2D eigenvalue weighted by Gasteiger charge is -2.26. The van der Waals surface area contributed by atoms with E-state index in [4.69, 9.17) is 4.74 Å². The van der Waals surface area contributed by atoms with Crippen LogP contribution in [-0.4, -0.2) is 16.9 Å². The van der Waals surface area contributed by atoms with Gasteiger partial charge in [0.05, 0.1) is 6.42 Å². The van der Waals surface area contributed by atoms with Gasteiger partial charge >= 0.3 is 5.97 Å². The fourth-order valence-corrected chi connectivity index (χ4v) is 5.60. The van der Waals surface area contributed by atoms with Crippen molar-refractivity contribution in [3.8, 4) is 16.9 Å². The standard InChI is InChI=1S/C34H40O4/c1-5-16-34(3,4)21-29-17-24(12-15-31(29)27-9-6-8-26(18-27)23(2)35)22-38-30-11-7-10-28(19-30)32(20-33(36)37)25-13-14-25/h6-12,15,17-19,25,32H,5,13-14,16,20-22H2,1-4H3,(H,36,37). The molecule has 200 valence electrons. The SMILES string of the molecule is CCCC(C)(C)Cc1cc(COc2cccc(C(CC(=O)O)C3CC3)c2)ccc1-c1cccc(C(C)=O)c1. The molecule has 4 heteroatoms. The number of carboxylic acids is 1. The van der Waals surface area contributed by atoms with Gasteiger partial charge in [0.15, 0.2) is 5.78 Å². The van der Waals surface area contributed by atoms with Crippen molar-refractivity contribution in [2.45, 2.75) is 78.7 Å². The molecular formula is C34H40O4. The maximum Gasteiger partial charge on any atom is 0.303 e. The summed E-state index contributed by atoms with van der Waals surface area (Å²) in [5, 5.41) is 9.38. The van der Waals surface area contributed by atoms with E-state index in [2.05, 4.69) is 45.0 Å². The summed E-state index contributed by atoms with van der Waals surface area (Å²) in [6.45, 7) is 8.89. The molecule has 0 heterocycles. The van der Waals surface area contributed by atoms with Crippen LogP contribution in [-0.2, 0) is 17.8 Å². The fourth-order valence-electron chi connectivity index (χ4n) is 5.60. The van der Waals surface area contributed by atoms with Crippen LogP contribution in [0.2, 0.25) is 0 Å². The average molecular weight is 513 g/mol. The lowest BCUT2D eigenvalue weighted by molar-refractivity contribution is -0.137. The highest BCUT2D eigenvalue weighted by atomic mass is 16.5. The summed E-state index contributed by atoms with van der Waals surface area (Å²) in [4.78, 5) is 23.4. The van der Waals surface area contributed by atoms with Crippen molar-refractivity contribution < 1.29 is 19.4 Å². The number of ether oxygens (including phenoxy) is 1. The van der Waals surface area contributed by atoms with Gasteiger partial charge in [0.1, 0.15) is 12.4 Å². The molecule has 0 amide bonds. The number of rotatable bonds is 13. The zero-order chi connectivity index (χ0) is 27.3. The number of carbonyl (C=O) groups is 2. The Hall–Kier alpha value is -3.40. The minimum absolute atomic E-state index is 0.0495. The normalized spacial score (nSPS) is 14.2. The zero-order valence-electron chi connectivity index (χ0n) is 23.1. The molecule has 0 aliphatic heterocycles. The predicted molar refractivity (Wildman–Crippen MR) is 153 cm³/mol. The Morgan fingerprint density at radius 3 is 2.47 bits per heavy atom. The van der Waals surface area contributed by atoms with Crippen LogP contribution in [0.5, 0.6) is 5.75 Å². The molecule has 1 fully saturated rings. The fraction of sp³-hybridized carbons (Fsp3) is 0.412. The smallest absolute Gasteiger partial charge is 0.303 e. The summed E-state index contributed by atoms with van der Waals surface area (Å²) in [6.07, 6.45) is 5.56. The van der Waals surface area contributed by atoms with Gasteiger partial charge in [-0.2, -0.15) is 0 Å². The molecule has 1 aliphatic rings. The van der Waals surface area contributed by atoms with E-state index in [1.54, 1.807) is 6.92 Å². The first-order valence-electron chi connectivity index (χ1n) is 13.8. The van der Waals surface area contributed by atoms with Gasteiger partial charge < -0.3 is 9.84 Å². The maximum atomic E-state index is 12.0. The zero-order valence-corrected chi connectivity index (χ0v) is 23.1. The van der Waals surface area contributed by atoms with Crippen LogP contribution in [0, 0.1) is 11.3 Å². The summed E-state index contributed by atoms with van der Waals surface area (Å²) < 4.78 is 6.22. The molecule has 3 aromatic carbocycles. The Bertz CT molecular complexity index is 1290. The summed E-state index contributed by atoms with van der Waals surface area (Å²) >= 11 is 0. The molecule has 1 atom stereocenters. The van der Waals surface area contributed by atoms with Crippen molar-refractivity contribution in [1.29, 1.82) is 0 Å². The lowest BCUT2D eigenvalue weighted by Crippen LogP contribution is -2.15. The Morgan fingerprint density at radius 2 is 1.79 bits per heavy atom. The first kappa shape index (κ1) is 27.6. The minimum Gasteiger partial charge on any atom is -0.489 e. The topological polar surface area (TPSA) is 63.6 Å². The van der Waals surface area contributed by atoms with Gasteiger partial charge in [0.25, 0.3) is 0 Å². The van der Waals surface area contributed by atoms with Crippen molar-refractivity contribution in [2.24, 2.45) is 11.3 Å². The van der Waals surface area contributed by atoms with E-state index in [0.717, 1.165) is 65.7 Å². The van der Waals surface area contributed by atoms with Gasteiger partial charge in [-0.05, 0) is 95.9 Å². The van der Waals surface area contributed by atoms with Crippen molar-refractivity contribution in [3.05, 3.63) is 89.0 Å². The molecule has 4 rings (SSSR count). The van der Waals surface area contributed by atoms with Crippen LogP contribution < -0.4 is 4.74 Å². The Kier molecular flexibility index (Phi) is 8.71. The van der Waals surface area contributed by atoms with Gasteiger partial charge in [-0.25, -0.2) is 0 Å². The molecule has 1 unspecified atom stereocenters. The minimum atomic E-state index is -0.749. The molecule has 1 saturated carbocycles. The third-order valence-corrected chi connectivity index (χ3v) is 7.62. The number of carboxylic acid groups (broad SMARTS) is 1. The van der Waals surface area contributed by atoms with Crippen molar-refractivity contribution in [3.63, 3.8) is 0 Å². The molecule has 0 spiro atoms. The summed E-state index contributed by atoms with van der Waals surface area (Å²) in [5.74, 6) is 0.600. The highest BCUT2D eigenvalue weighted by Gasteiger charge is 2.33. The third kappa shape index (κ3) is 7.34. The third-order valence-electron chi connectivity index (χ3n) is 7.62. The highest BCUT2D eigenvalue weighted by Crippen LogP contribution is 2.45. The van der Waals surface area contributed by atoms with E-state index in [1.165, 1.54) is 5.56 Å². The average Bonchev–Trinajstić information content (AvgIpc) is 3.71. The van der Waals surface area contributed by atoms with E-state index in [0.29, 0.717) is 12.5 Å². The van der Waals surface area contributed by atoms with E-state index >= 15 is 0 Å². The van der Waals surface area contributed by atoms with Gasteiger partial charge in [-0.1, -0.05) is 75.7 Å². The molecule has 1 N–H and O–H groups in total. The van der Waals surface area contributed by atoms with E-state index in [1.807, 2.05) is 42.5 Å². The highest BCUT2D eigenvalue weighted by molar-refractivity contribution is 5.95. The molecular weight excluding hydrogens is 472 g/mol. The number of benzene rings is 3. The quantitative estimate of drug-likeness (QED) is 0.233. The lowest BCUT2D eigenvalue weighted by atomic mass is 9.79. The number of carbonyl (C=O) groups excluding carboxylic acids is 1. The van der Waals surface area contributed by atoms with E-state index in [-0.39, 0.29) is 23.5 Å². The summed E-state index contributed by atoms with van der Waals surface area (Å²) in [7, 11) is 0. The van der Waals surface area contributed by atoms with Gasteiger partial charge in [0, 0.05) is 5.56 Å². The molecule has 0 radical (unpaired) electrons. The second-order valence-electron chi connectivity index (χ2n) is 11.6. The Balaban J connectivity index is 1.58. The maximum absolute atomic E-state index is 12.0. The van der Waals surface area contributed by atoms with Crippen LogP contribution >= 0.6 is 0 Å².